The summed E-state index contributed by atoms with van der Waals surface area (Å²) >= 11 is 6.24. The molecule has 22 heavy (non-hydrogen) atoms. The molecule has 0 saturated carbocycles. The van der Waals surface area contributed by atoms with Crippen molar-refractivity contribution in [3.05, 3.63) is 83.9 Å². The Morgan fingerprint density at radius 2 is 1.32 bits per heavy atom. The Labute approximate surface area is 134 Å². The first-order chi connectivity index (χ1) is 10.8. The second-order valence-corrected chi connectivity index (χ2v) is 5.73. The Hall–Kier alpha value is -2.51. The number of aromatic amines is 1. The van der Waals surface area contributed by atoms with Crippen LogP contribution in [0, 0.1) is 0 Å². The SMILES string of the molecule is Clc1cccc2[nH]c(-c3ccc(-c4ccccc4)cc3)cc12. The molecule has 0 radical (unpaired) electrons. The molecular weight excluding hydrogens is 290 g/mol. The molecule has 0 fully saturated rings. The van der Waals surface area contributed by atoms with E-state index in [9.17, 15) is 0 Å². The van der Waals surface area contributed by atoms with Crippen molar-refractivity contribution >= 4 is 22.5 Å². The largest absolute Gasteiger partial charge is 0.354 e. The maximum atomic E-state index is 6.24. The van der Waals surface area contributed by atoms with E-state index in [2.05, 4.69) is 59.6 Å². The molecule has 1 nitrogen and oxygen atoms in total. The summed E-state index contributed by atoms with van der Waals surface area (Å²) in [7, 11) is 0. The van der Waals surface area contributed by atoms with Crippen LogP contribution in [0.1, 0.15) is 0 Å². The standard InChI is InChI=1S/C20H14ClN/c21-18-7-4-8-19-17(18)13-20(22-19)16-11-9-15(10-12-16)14-5-2-1-3-6-14/h1-13,22H. The van der Waals surface area contributed by atoms with Gasteiger partial charge in [0.05, 0.1) is 0 Å². The zero-order valence-corrected chi connectivity index (χ0v) is 12.6. The highest BCUT2D eigenvalue weighted by atomic mass is 35.5. The summed E-state index contributed by atoms with van der Waals surface area (Å²) in [4.78, 5) is 3.43. The van der Waals surface area contributed by atoms with Crippen molar-refractivity contribution < 1.29 is 0 Å². The predicted molar refractivity (Wildman–Crippen MR) is 94.2 cm³/mol. The molecule has 4 rings (SSSR count). The number of aromatic nitrogens is 1. The first-order valence-corrected chi connectivity index (χ1v) is 7.62. The fourth-order valence-electron chi connectivity index (χ4n) is 2.75. The zero-order valence-electron chi connectivity index (χ0n) is 11.9. The molecule has 4 aromatic rings. The fraction of sp³-hybridized carbons (Fsp3) is 0. The third kappa shape index (κ3) is 2.30. The molecule has 0 bridgehead atoms. The lowest BCUT2D eigenvalue weighted by molar-refractivity contribution is 1.45. The summed E-state index contributed by atoms with van der Waals surface area (Å²) in [6.45, 7) is 0. The monoisotopic (exact) mass is 303 g/mol. The van der Waals surface area contributed by atoms with Crippen molar-refractivity contribution in [3.8, 4) is 22.4 Å². The van der Waals surface area contributed by atoms with Gasteiger partial charge in [-0.3, -0.25) is 0 Å². The summed E-state index contributed by atoms with van der Waals surface area (Å²) in [6.07, 6.45) is 0. The molecule has 0 atom stereocenters. The van der Waals surface area contributed by atoms with Crippen LogP contribution in [-0.2, 0) is 0 Å². The summed E-state index contributed by atoms with van der Waals surface area (Å²) in [5.41, 5.74) is 5.76. The number of hydrogen-bond acceptors (Lipinski definition) is 0. The second kappa shape index (κ2) is 5.36. The molecule has 0 amide bonds. The highest BCUT2D eigenvalue weighted by Gasteiger charge is 2.06. The van der Waals surface area contributed by atoms with Crippen LogP contribution in [-0.4, -0.2) is 4.98 Å². The number of nitrogens with one attached hydrogen (secondary N) is 1. The average molecular weight is 304 g/mol. The van der Waals surface area contributed by atoms with Gasteiger partial charge in [0, 0.05) is 21.6 Å². The van der Waals surface area contributed by atoms with E-state index in [1.165, 1.54) is 11.1 Å². The molecule has 0 aliphatic rings. The fourth-order valence-corrected chi connectivity index (χ4v) is 2.98. The molecule has 1 aromatic heterocycles. The molecule has 0 aliphatic heterocycles. The molecule has 2 heteroatoms. The van der Waals surface area contributed by atoms with Gasteiger partial charge in [-0.25, -0.2) is 0 Å². The Morgan fingerprint density at radius 3 is 2.05 bits per heavy atom. The van der Waals surface area contributed by atoms with Crippen molar-refractivity contribution in [1.29, 1.82) is 0 Å². The lowest BCUT2D eigenvalue weighted by Gasteiger charge is -2.03. The molecule has 0 unspecified atom stereocenters. The van der Waals surface area contributed by atoms with Gasteiger partial charge in [0.2, 0.25) is 0 Å². The van der Waals surface area contributed by atoms with Crippen LogP contribution in [0.4, 0.5) is 0 Å². The van der Waals surface area contributed by atoms with E-state index in [1.54, 1.807) is 0 Å². The topological polar surface area (TPSA) is 15.8 Å². The lowest BCUT2D eigenvalue weighted by Crippen LogP contribution is -1.79. The highest BCUT2D eigenvalue weighted by Crippen LogP contribution is 2.30. The number of hydrogen-bond donors (Lipinski definition) is 1. The van der Waals surface area contributed by atoms with Gasteiger partial charge in [-0.2, -0.15) is 0 Å². The normalized spacial score (nSPS) is 11.0. The Balaban J connectivity index is 1.74. The zero-order chi connectivity index (χ0) is 14.9. The number of rotatable bonds is 2. The molecule has 0 spiro atoms. The summed E-state index contributed by atoms with van der Waals surface area (Å²) in [5.74, 6) is 0. The second-order valence-electron chi connectivity index (χ2n) is 5.33. The molecular formula is C20H14ClN. The first-order valence-electron chi connectivity index (χ1n) is 7.24. The van der Waals surface area contributed by atoms with Crippen molar-refractivity contribution in [3.63, 3.8) is 0 Å². The lowest BCUT2D eigenvalue weighted by atomic mass is 10.0. The van der Waals surface area contributed by atoms with Gasteiger partial charge in [-0.15, -0.1) is 0 Å². The van der Waals surface area contributed by atoms with Gasteiger partial charge in [0.1, 0.15) is 0 Å². The number of fused-ring (bicyclic) bond motifs is 1. The van der Waals surface area contributed by atoms with Crippen LogP contribution in [0.2, 0.25) is 5.02 Å². The van der Waals surface area contributed by atoms with E-state index in [1.807, 2.05) is 24.3 Å². The van der Waals surface area contributed by atoms with Gasteiger partial charge in [-0.05, 0) is 34.9 Å². The van der Waals surface area contributed by atoms with Crippen LogP contribution in [0.25, 0.3) is 33.3 Å². The third-order valence-corrected chi connectivity index (χ3v) is 4.24. The molecule has 0 saturated heterocycles. The Kier molecular flexibility index (Phi) is 3.21. The van der Waals surface area contributed by atoms with E-state index >= 15 is 0 Å². The van der Waals surface area contributed by atoms with Crippen molar-refractivity contribution in [2.75, 3.05) is 0 Å². The molecule has 0 aliphatic carbocycles. The van der Waals surface area contributed by atoms with Crippen LogP contribution < -0.4 is 0 Å². The average Bonchev–Trinajstić information content (AvgIpc) is 3.02. The first kappa shape index (κ1) is 13.2. The minimum Gasteiger partial charge on any atom is -0.354 e. The van der Waals surface area contributed by atoms with E-state index in [0.717, 1.165) is 27.2 Å². The minimum atomic E-state index is 0.779. The molecule has 1 heterocycles. The van der Waals surface area contributed by atoms with Gasteiger partial charge in [0.15, 0.2) is 0 Å². The van der Waals surface area contributed by atoms with Crippen molar-refractivity contribution in [1.82, 2.24) is 4.98 Å². The smallest absolute Gasteiger partial charge is 0.0500 e. The quantitative estimate of drug-likeness (QED) is 0.457. The Morgan fingerprint density at radius 1 is 0.636 bits per heavy atom. The minimum absolute atomic E-state index is 0.779. The van der Waals surface area contributed by atoms with E-state index in [-0.39, 0.29) is 0 Å². The number of H-pyrrole nitrogens is 1. The molecule has 1 N–H and O–H groups in total. The van der Waals surface area contributed by atoms with Crippen LogP contribution >= 0.6 is 11.6 Å². The summed E-state index contributed by atoms with van der Waals surface area (Å²) in [5, 5.41) is 1.84. The molecule has 3 aromatic carbocycles. The molecule has 106 valence electrons. The van der Waals surface area contributed by atoms with Gasteiger partial charge in [-0.1, -0.05) is 72.3 Å². The Bertz CT molecular complexity index is 921. The van der Waals surface area contributed by atoms with E-state index in [4.69, 9.17) is 11.6 Å². The highest BCUT2D eigenvalue weighted by molar-refractivity contribution is 6.35. The maximum absolute atomic E-state index is 6.24. The van der Waals surface area contributed by atoms with Gasteiger partial charge in [0.25, 0.3) is 0 Å². The number of benzene rings is 3. The summed E-state index contributed by atoms with van der Waals surface area (Å²) in [6, 6.07) is 27.0. The van der Waals surface area contributed by atoms with E-state index in [0.29, 0.717) is 0 Å². The van der Waals surface area contributed by atoms with Crippen LogP contribution in [0.3, 0.4) is 0 Å². The van der Waals surface area contributed by atoms with Crippen LogP contribution in [0.15, 0.2) is 78.9 Å². The predicted octanol–water partition coefficient (Wildman–Crippen LogP) is 6.16. The summed E-state index contributed by atoms with van der Waals surface area (Å²) < 4.78 is 0. The van der Waals surface area contributed by atoms with Crippen LogP contribution in [0.5, 0.6) is 0 Å². The van der Waals surface area contributed by atoms with Crippen molar-refractivity contribution in [2.45, 2.75) is 0 Å². The maximum Gasteiger partial charge on any atom is 0.0500 e. The van der Waals surface area contributed by atoms with Crippen molar-refractivity contribution in [2.24, 2.45) is 0 Å². The third-order valence-electron chi connectivity index (χ3n) is 3.91. The van der Waals surface area contributed by atoms with Gasteiger partial charge >= 0.3 is 0 Å². The number of halogens is 1. The van der Waals surface area contributed by atoms with E-state index < -0.39 is 0 Å². The van der Waals surface area contributed by atoms with Gasteiger partial charge < -0.3 is 4.98 Å².